The number of amides is 1. The topological polar surface area (TPSA) is 65.7 Å². The number of hydrogen-bond donors (Lipinski definition) is 2. The second kappa shape index (κ2) is 5.53. The maximum atomic E-state index is 11.2. The van der Waals surface area contributed by atoms with Gasteiger partial charge in [-0.15, -0.1) is 0 Å². The summed E-state index contributed by atoms with van der Waals surface area (Å²) in [5.41, 5.74) is 0. The summed E-state index contributed by atoms with van der Waals surface area (Å²) >= 11 is 0. The number of aliphatic hydroxyl groups is 1. The average Bonchev–Trinajstić information content (AvgIpc) is 2.70. The Labute approximate surface area is 88.7 Å². The molecule has 5 nitrogen and oxygen atoms in total. The van der Waals surface area contributed by atoms with Crippen LogP contribution in [0.3, 0.4) is 0 Å². The molecule has 0 aliphatic heterocycles. The van der Waals surface area contributed by atoms with Crippen molar-refractivity contribution in [3.8, 4) is 0 Å². The molecule has 1 aromatic heterocycles. The number of likely N-dealkylation sites (N-methyl/N-ethyl adjacent to an activating group) is 1. The highest BCUT2D eigenvalue weighted by Gasteiger charge is 2.10. The molecular weight excluding hydrogens is 196 g/mol. The Balaban J connectivity index is 2.24. The second-order valence-electron chi connectivity index (χ2n) is 3.45. The zero-order valence-electron chi connectivity index (χ0n) is 8.93. The highest BCUT2D eigenvalue weighted by Crippen LogP contribution is 2.11. The van der Waals surface area contributed by atoms with E-state index in [1.54, 1.807) is 26.2 Å². The van der Waals surface area contributed by atoms with E-state index in [1.807, 2.05) is 0 Å². The molecule has 0 aliphatic carbocycles. The van der Waals surface area contributed by atoms with Gasteiger partial charge >= 0.3 is 0 Å². The first-order valence-electron chi connectivity index (χ1n) is 4.73. The van der Waals surface area contributed by atoms with E-state index in [0.29, 0.717) is 12.3 Å². The van der Waals surface area contributed by atoms with Crippen LogP contribution in [0.5, 0.6) is 0 Å². The lowest BCUT2D eigenvalue weighted by atomic mass is 10.3. The maximum absolute atomic E-state index is 11.2. The third kappa shape index (κ3) is 3.73. The Kier molecular flexibility index (Phi) is 4.33. The summed E-state index contributed by atoms with van der Waals surface area (Å²) in [6.45, 7) is 0.512. The van der Waals surface area contributed by atoms with Crippen molar-refractivity contribution in [3.05, 3.63) is 24.2 Å². The molecule has 0 spiro atoms. The molecule has 2 N–H and O–H groups in total. The summed E-state index contributed by atoms with van der Waals surface area (Å²) < 4.78 is 5.01. The van der Waals surface area contributed by atoms with Crippen molar-refractivity contribution in [2.45, 2.75) is 6.10 Å². The van der Waals surface area contributed by atoms with Gasteiger partial charge < -0.3 is 19.7 Å². The molecule has 0 radical (unpaired) electrons. The van der Waals surface area contributed by atoms with Crippen LogP contribution < -0.4 is 5.32 Å². The number of nitrogens with zero attached hydrogens (tertiary/aromatic N) is 1. The van der Waals surface area contributed by atoms with Crippen LogP contribution in [0.2, 0.25) is 0 Å². The minimum atomic E-state index is -0.713. The lowest BCUT2D eigenvalue weighted by Gasteiger charge is -2.12. The monoisotopic (exact) mass is 212 g/mol. The van der Waals surface area contributed by atoms with E-state index in [-0.39, 0.29) is 12.5 Å². The van der Waals surface area contributed by atoms with Crippen molar-refractivity contribution < 1.29 is 14.3 Å². The summed E-state index contributed by atoms with van der Waals surface area (Å²) in [6, 6.07) is 3.41. The quantitative estimate of drug-likeness (QED) is 0.720. The first-order chi connectivity index (χ1) is 7.11. The third-order valence-electron chi connectivity index (χ3n) is 1.98. The minimum absolute atomic E-state index is 0.0263. The fourth-order valence-corrected chi connectivity index (χ4v) is 1.06. The molecular formula is C10H16N2O3. The van der Waals surface area contributed by atoms with Gasteiger partial charge in [-0.1, -0.05) is 0 Å². The van der Waals surface area contributed by atoms with Crippen molar-refractivity contribution in [1.29, 1.82) is 0 Å². The highest BCUT2D eigenvalue weighted by molar-refractivity contribution is 5.77. The number of aliphatic hydroxyl groups excluding tert-OH is 1. The predicted molar refractivity (Wildman–Crippen MR) is 55.2 cm³/mol. The van der Waals surface area contributed by atoms with Crippen molar-refractivity contribution in [1.82, 2.24) is 10.2 Å². The van der Waals surface area contributed by atoms with Gasteiger partial charge in [-0.3, -0.25) is 4.79 Å². The molecule has 0 saturated carbocycles. The van der Waals surface area contributed by atoms with Crippen LogP contribution >= 0.6 is 0 Å². The van der Waals surface area contributed by atoms with Crippen LogP contribution in [0, 0.1) is 0 Å². The van der Waals surface area contributed by atoms with Gasteiger partial charge in [0.1, 0.15) is 11.9 Å². The van der Waals surface area contributed by atoms with Gasteiger partial charge in [0.25, 0.3) is 0 Å². The number of carbonyl (C=O) groups is 1. The molecule has 1 heterocycles. The maximum Gasteiger partial charge on any atom is 0.236 e. The van der Waals surface area contributed by atoms with Crippen LogP contribution in [0.25, 0.3) is 0 Å². The van der Waals surface area contributed by atoms with E-state index in [1.165, 1.54) is 11.2 Å². The molecule has 0 bridgehead atoms. The molecule has 0 aliphatic rings. The normalized spacial score (nSPS) is 12.5. The largest absolute Gasteiger partial charge is 0.467 e. The third-order valence-corrected chi connectivity index (χ3v) is 1.98. The van der Waals surface area contributed by atoms with Crippen molar-refractivity contribution in [2.24, 2.45) is 0 Å². The van der Waals surface area contributed by atoms with Crippen molar-refractivity contribution >= 4 is 5.91 Å². The lowest BCUT2D eigenvalue weighted by Crippen LogP contribution is -2.34. The van der Waals surface area contributed by atoms with Crippen molar-refractivity contribution in [2.75, 3.05) is 27.2 Å². The summed E-state index contributed by atoms with van der Waals surface area (Å²) in [7, 11) is 3.37. The Hall–Kier alpha value is -1.33. The SMILES string of the molecule is CN(C)C(=O)CNCC(O)c1ccco1. The fraction of sp³-hybridized carbons (Fsp3) is 0.500. The predicted octanol–water partition coefficient (Wildman–Crippen LogP) is -0.00920. The molecule has 1 unspecified atom stereocenters. The summed E-state index contributed by atoms with van der Waals surface area (Å²) in [6.07, 6.45) is 0.791. The Bertz CT molecular complexity index is 296. The molecule has 0 aromatic carbocycles. The van der Waals surface area contributed by atoms with Gasteiger partial charge in [-0.2, -0.15) is 0 Å². The zero-order valence-corrected chi connectivity index (χ0v) is 8.93. The minimum Gasteiger partial charge on any atom is -0.467 e. The second-order valence-corrected chi connectivity index (χ2v) is 3.45. The highest BCUT2D eigenvalue weighted by atomic mass is 16.4. The molecule has 0 fully saturated rings. The van der Waals surface area contributed by atoms with Gasteiger partial charge in [0.2, 0.25) is 5.91 Å². The van der Waals surface area contributed by atoms with E-state index in [0.717, 1.165) is 0 Å². The molecule has 1 amide bonds. The standard InChI is InChI=1S/C10H16N2O3/c1-12(2)10(14)7-11-6-8(13)9-4-3-5-15-9/h3-5,8,11,13H,6-7H2,1-2H3. The molecule has 84 valence electrons. The van der Waals surface area contributed by atoms with E-state index >= 15 is 0 Å². The number of furan rings is 1. The molecule has 5 heteroatoms. The number of nitrogens with one attached hydrogen (secondary N) is 1. The molecule has 15 heavy (non-hydrogen) atoms. The van der Waals surface area contributed by atoms with Crippen LogP contribution in [0.15, 0.2) is 22.8 Å². The van der Waals surface area contributed by atoms with Crippen LogP contribution in [-0.2, 0) is 4.79 Å². The molecule has 1 aromatic rings. The fourth-order valence-electron chi connectivity index (χ4n) is 1.06. The number of carbonyl (C=O) groups excluding carboxylic acids is 1. The molecule has 0 saturated heterocycles. The molecule has 1 atom stereocenters. The van der Waals surface area contributed by atoms with Crippen molar-refractivity contribution in [3.63, 3.8) is 0 Å². The van der Waals surface area contributed by atoms with Gasteiger partial charge in [0.15, 0.2) is 0 Å². The average molecular weight is 212 g/mol. The zero-order chi connectivity index (χ0) is 11.3. The van der Waals surface area contributed by atoms with Crippen LogP contribution in [0.4, 0.5) is 0 Å². The van der Waals surface area contributed by atoms with Gasteiger partial charge in [-0.25, -0.2) is 0 Å². The summed E-state index contributed by atoms with van der Waals surface area (Å²) in [5.74, 6) is 0.474. The van der Waals surface area contributed by atoms with Gasteiger partial charge in [0.05, 0.1) is 12.8 Å². The summed E-state index contributed by atoms with van der Waals surface area (Å²) in [5, 5.41) is 12.4. The van der Waals surface area contributed by atoms with E-state index in [4.69, 9.17) is 4.42 Å². The first kappa shape index (κ1) is 11.7. The van der Waals surface area contributed by atoms with Crippen LogP contribution in [-0.4, -0.2) is 43.1 Å². The van der Waals surface area contributed by atoms with Gasteiger partial charge in [0, 0.05) is 20.6 Å². The summed E-state index contributed by atoms with van der Waals surface area (Å²) in [4.78, 5) is 12.7. The lowest BCUT2D eigenvalue weighted by molar-refractivity contribution is -0.127. The Morgan fingerprint density at radius 3 is 2.93 bits per heavy atom. The van der Waals surface area contributed by atoms with Crippen LogP contribution in [0.1, 0.15) is 11.9 Å². The number of rotatable bonds is 5. The molecule has 1 rings (SSSR count). The Morgan fingerprint density at radius 2 is 2.40 bits per heavy atom. The van der Waals surface area contributed by atoms with E-state index in [9.17, 15) is 9.90 Å². The number of hydrogen-bond acceptors (Lipinski definition) is 4. The first-order valence-corrected chi connectivity index (χ1v) is 4.73. The van der Waals surface area contributed by atoms with E-state index in [2.05, 4.69) is 5.32 Å². The van der Waals surface area contributed by atoms with E-state index < -0.39 is 6.10 Å². The smallest absolute Gasteiger partial charge is 0.236 e. The Morgan fingerprint density at radius 1 is 1.67 bits per heavy atom. The van der Waals surface area contributed by atoms with Gasteiger partial charge in [-0.05, 0) is 12.1 Å².